The van der Waals surface area contributed by atoms with Gasteiger partial charge in [-0.3, -0.25) is 0 Å². The molecular weight excluding hydrogens is 430 g/mol. The number of hydrogen-bond acceptors (Lipinski definition) is 7. The number of halogens is 2. The molecule has 0 radical (unpaired) electrons. The third-order valence-electron chi connectivity index (χ3n) is 5.07. The van der Waals surface area contributed by atoms with Crippen molar-refractivity contribution >= 4 is 50.8 Å². The molecule has 4 N–H and O–H groups in total. The number of hydrogen-bond donors (Lipinski definition) is 3. The summed E-state index contributed by atoms with van der Waals surface area (Å²) in [6, 6.07) is 4.52. The van der Waals surface area contributed by atoms with Gasteiger partial charge in [-0.25, -0.2) is 9.97 Å². The van der Waals surface area contributed by atoms with E-state index in [1.54, 1.807) is 6.20 Å². The Kier molecular flexibility index (Phi) is 5.66. The largest absolute Gasteiger partial charge is 0.367 e. The van der Waals surface area contributed by atoms with Crippen molar-refractivity contribution < 1.29 is 0 Å². The number of nitrogens with one attached hydrogen (secondary N) is 2. The Balaban J connectivity index is 1.47. The minimum Gasteiger partial charge on any atom is -0.367 e. The van der Waals surface area contributed by atoms with Crippen molar-refractivity contribution in [2.45, 2.75) is 44.2 Å². The van der Waals surface area contributed by atoms with Gasteiger partial charge in [0.1, 0.15) is 11.6 Å². The van der Waals surface area contributed by atoms with Gasteiger partial charge >= 0.3 is 0 Å². The number of anilines is 4. The van der Waals surface area contributed by atoms with E-state index in [2.05, 4.69) is 46.4 Å². The van der Waals surface area contributed by atoms with Crippen LogP contribution in [0.3, 0.4) is 0 Å². The summed E-state index contributed by atoms with van der Waals surface area (Å²) < 4.78 is 0.853. The Hall–Kier alpha value is -1.64. The van der Waals surface area contributed by atoms with E-state index in [-0.39, 0.29) is 6.04 Å². The molecule has 0 aromatic carbocycles. The molecule has 2 aromatic heterocycles. The van der Waals surface area contributed by atoms with Crippen LogP contribution in [0.4, 0.5) is 23.3 Å². The third-order valence-corrected chi connectivity index (χ3v) is 5.93. The molecule has 2 fully saturated rings. The summed E-state index contributed by atoms with van der Waals surface area (Å²) in [6.45, 7) is 1.71. The van der Waals surface area contributed by atoms with Crippen LogP contribution in [-0.4, -0.2) is 40.1 Å². The first-order chi connectivity index (χ1) is 13.1. The zero-order chi connectivity index (χ0) is 18.8. The van der Waals surface area contributed by atoms with Crippen molar-refractivity contribution in [2.75, 3.05) is 28.6 Å². The lowest BCUT2D eigenvalue weighted by molar-refractivity contribution is 0.749. The molecule has 27 heavy (non-hydrogen) atoms. The predicted octanol–water partition coefficient (Wildman–Crippen LogP) is 3.92. The molecule has 0 bridgehead atoms. The van der Waals surface area contributed by atoms with Crippen molar-refractivity contribution in [3.05, 3.63) is 28.0 Å². The Morgan fingerprint density at radius 3 is 2.70 bits per heavy atom. The average molecular weight is 453 g/mol. The lowest BCUT2D eigenvalue weighted by atomic mass is 10.2. The lowest BCUT2D eigenvalue weighted by Gasteiger charge is -2.19. The summed E-state index contributed by atoms with van der Waals surface area (Å²) in [5.41, 5.74) is 6.90. The number of aromatic nitrogens is 3. The van der Waals surface area contributed by atoms with Gasteiger partial charge in [-0.1, -0.05) is 24.4 Å². The second kappa shape index (κ2) is 8.16. The van der Waals surface area contributed by atoms with Gasteiger partial charge in [0.05, 0.1) is 10.2 Å². The molecular formula is C18H23BrClN7. The second-order valence-electron chi connectivity index (χ2n) is 7.14. The van der Waals surface area contributed by atoms with Gasteiger partial charge in [-0.2, -0.15) is 4.98 Å². The maximum atomic E-state index is 6.40. The molecule has 1 saturated carbocycles. The van der Waals surface area contributed by atoms with Crippen LogP contribution in [0, 0.1) is 0 Å². The van der Waals surface area contributed by atoms with Gasteiger partial charge in [-0.15, -0.1) is 0 Å². The number of pyridine rings is 1. The van der Waals surface area contributed by atoms with Crippen molar-refractivity contribution in [3.63, 3.8) is 0 Å². The van der Waals surface area contributed by atoms with E-state index in [0.29, 0.717) is 23.0 Å². The van der Waals surface area contributed by atoms with E-state index in [0.717, 1.165) is 35.5 Å². The van der Waals surface area contributed by atoms with Crippen LogP contribution in [0.1, 0.15) is 32.1 Å². The van der Waals surface area contributed by atoms with Crippen LogP contribution in [0.2, 0.25) is 5.15 Å². The smallest absolute Gasteiger partial charge is 0.230 e. The van der Waals surface area contributed by atoms with E-state index in [4.69, 9.17) is 17.3 Å². The first-order valence-electron chi connectivity index (χ1n) is 9.31. The molecule has 1 unspecified atom stereocenters. The van der Waals surface area contributed by atoms with Gasteiger partial charge in [0.25, 0.3) is 0 Å². The molecule has 1 aliphatic heterocycles. The van der Waals surface area contributed by atoms with Crippen LogP contribution >= 0.6 is 27.5 Å². The van der Waals surface area contributed by atoms with E-state index in [9.17, 15) is 0 Å². The van der Waals surface area contributed by atoms with Crippen molar-refractivity contribution in [1.29, 1.82) is 0 Å². The highest BCUT2D eigenvalue weighted by Gasteiger charge is 2.22. The highest BCUT2D eigenvalue weighted by Crippen LogP contribution is 2.30. The fourth-order valence-corrected chi connectivity index (χ4v) is 4.22. The number of rotatable bonds is 5. The summed E-state index contributed by atoms with van der Waals surface area (Å²) in [4.78, 5) is 15.5. The van der Waals surface area contributed by atoms with Crippen LogP contribution < -0.4 is 21.3 Å². The summed E-state index contributed by atoms with van der Waals surface area (Å²) in [5, 5.41) is 7.09. The maximum absolute atomic E-state index is 6.40. The molecule has 2 aliphatic rings. The fraction of sp³-hybridized carbons (Fsp3) is 0.500. The van der Waals surface area contributed by atoms with Crippen LogP contribution in [0.5, 0.6) is 0 Å². The topological polar surface area (TPSA) is 92.0 Å². The van der Waals surface area contributed by atoms with Gasteiger partial charge in [-0.05, 0) is 47.3 Å². The molecule has 1 aliphatic carbocycles. The van der Waals surface area contributed by atoms with E-state index < -0.39 is 0 Å². The minimum atomic E-state index is 0.195. The van der Waals surface area contributed by atoms with Crippen LogP contribution in [-0.2, 0) is 0 Å². The maximum Gasteiger partial charge on any atom is 0.230 e. The van der Waals surface area contributed by atoms with Gasteiger partial charge in [0.2, 0.25) is 5.95 Å². The quantitative estimate of drug-likeness (QED) is 0.592. The van der Waals surface area contributed by atoms with Gasteiger partial charge < -0.3 is 21.3 Å². The molecule has 7 nitrogen and oxygen atoms in total. The summed E-state index contributed by atoms with van der Waals surface area (Å²) in [5.74, 6) is 1.90. The van der Waals surface area contributed by atoms with Crippen molar-refractivity contribution in [2.24, 2.45) is 5.73 Å². The third kappa shape index (κ3) is 4.44. The monoisotopic (exact) mass is 451 g/mol. The molecule has 0 spiro atoms. The molecule has 1 saturated heterocycles. The average Bonchev–Trinajstić information content (AvgIpc) is 3.30. The van der Waals surface area contributed by atoms with Crippen LogP contribution in [0.25, 0.3) is 0 Å². The first-order valence-corrected chi connectivity index (χ1v) is 10.5. The number of nitrogens with zero attached hydrogens (tertiary/aromatic N) is 4. The minimum absolute atomic E-state index is 0.195. The summed E-state index contributed by atoms with van der Waals surface area (Å²) in [6.07, 6.45) is 7.61. The highest BCUT2D eigenvalue weighted by molar-refractivity contribution is 9.10. The first kappa shape index (κ1) is 18.7. The molecule has 144 valence electrons. The van der Waals surface area contributed by atoms with E-state index >= 15 is 0 Å². The molecule has 4 rings (SSSR count). The normalized spacial score (nSPS) is 20.3. The fourth-order valence-electron chi connectivity index (χ4n) is 3.65. The van der Waals surface area contributed by atoms with E-state index in [1.165, 1.54) is 25.7 Å². The Labute approximate surface area is 172 Å². The predicted molar refractivity (Wildman–Crippen MR) is 113 cm³/mol. The van der Waals surface area contributed by atoms with Crippen LogP contribution in [0.15, 0.2) is 22.8 Å². The zero-order valence-corrected chi connectivity index (χ0v) is 17.3. The van der Waals surface area contributed by atoms with Gasteiger partial charge in [0, 0.05) is 31.4 Å². The Bertz CT molecular complexity index is 812. The van der Waals surface area contributed by atoms with Crippen molar-refractivity contribution in [1.82, 2.24) is 15.0 Å². The standard InChI is InChI=1S/C18H23BrClN7/c19-13-9-22-18(26-17(13)23-12-3-1-2-4-12)25-15-6-5-14(16(20)24-15)27-8-7-11(21)10-27/h5-6,9,11-12H,1-4,7-8,10,21H2,(H2,22,23,24,25,26). The molecule has 9 heteroatoms. The summed E-state index contributed by atoms with van der Waals surface area (Å²) >= 11 is 9.92. The lowest BCUT2D eigenvalue weighted by Crippen LogP contribution is -2.26. The van der Waals surface area contributed by atoms with Crippen molar-refractivity contribution in [3.8, 4) is 0 Å². The molecule has 1 atom stereocenters. The Morgan fingerprint density at radius 2 is 2.00 bits per heavy atom. The zero-order valence-electron chi connectivity index (χ0n) is 15.0. The highest BCUT2D eigenvalue weighted by atomic mass is 79.9. The second-order valence-corrected chi connectivity index (χ2v) is 8.35. The molecule has 3 heterocycles. The Morgan fingerprint density at radius 1 is 1.19 bits per heavy atom. The SMILES string of the molecule is NC1CCN(c2ccc(Nc3ncc(Br)c(NC4CCCC4)n3)nc2Cl)C1. The molecule has 0 amide bonds. The van der Waals surface area contributed by atoms with Gasteiger partial charge in [0.15, 0.2) is 5.15 Å². The summed E-state index contributed by atoms with van der Waals surface area (Å²) in [7, 11) is 0. The van der Waals surface area contributed by atoms with E-state index in [1.807, 2.05) is 12.1 Å². The molecule has 2 aromatic rings. The number of nitrogens with two attached hydrogens (primary N) is 1.